The Labute approximate surface area is 166 Å². The lowest BCUT2D eigenvalue weighted by molar-refractivity contribution is -0.118. The van der Waals surface area contributed by atoms with Crippen molar-refractivity contribution in [2.24, 2.45) is 0 Å². The molecule has 3 rings (SSSR count). The van der Waals surface area contributed by atoms with E-state index in [-0.39, 0.29) is 11.9 Å². The molecule has 28 heavy (non-hydrogen) atoms. The molecule has 0 aliphatic carbocycles. The Balaban J connectivity index is 1.54. The van der Waals surface area contributed by atoms with Gasteiger partial charge < -0.3 is 25.0 Å². The first-order valence-electron chi connectivity index (χ1n) is 9.73. The van der Waals surface area contributed by atoms with Gasteiger partial charge in [-0.3, -0.25) is 9.69 Å². The van der Waals surface area contributed by atoms with Crippen molar-refractivity contribution < 1.29 is 19.4 Å². The molecule has 8 nitrogen and oxygen atoms in total. The lowest BCUT2D eigenvalue weighted by Crippen LogP contribution is -2.56. The van der Waals surface area contributed by atoms with E-state index in [2.05, 4.69) is 10.2 Å². The lowest BCUT2D eigenvalue weighted by Gasteiger charge is -2.37. The summed E-state index contributed by atoms with van der Waals surface area (Å²) in [5.74, 6) is 0.532. The van der Waals surface area contributed by atoms with Crippen molar-refractivity contribution in [3.63, 3.8) is 0 Å². The molecule has 2 saturated heterocycles. The zero-order chi connectivity index (χ0) is 20.3. The first-order chi connectivity index (χ1) is 13.3. The predicted molar refractivity (Wildman–Crippen MR) is 107 cm³/mol. The molecular weight excluding hydrogens is 360 g/mol. The topological polar surface area (TPSA) is 85.3 Å². The van der Waals surface area contributed by atoms with Gasteiger partial charge in [-0.2, -0.15) is 0 Å². The predicted octanol–water partition coefficient (Wildman–Crippen LogP) is 0.899. The summed E-state index contributed by atoms with van der Waals surface area (Å²) in [6.07, 6.45) is 0.571. The molecule has 0 saturated carbocycles. The molecule has 2 fully saturated rings. The number of ether oxygens (including phenoxy) is 1. The number of benzene rings is 1. The van der Waals surface area contributed by atoms with Gasteiger partial charge in [0, 0.05) is 39.3 Å². The van der Waals surface area contributed by atoms with E-state index >= 15 is 0 Å². The normalized spacial score (nSPS) is 21.1. The van der Waals surface area contributed by atoms with E-state index in [1.54, 1.807) is 30.8 Å². The highest BCUT2D eigenvalue weighted by atomic mass is 16.5. The maximum atomic E-state index is 12.8. The van der Waals surface area contributed by atoms with Gasteiger partial charge in [-0.1, -0.05) is 12.1 Å². The second kappa shape index (κ2) is 8.36. The van der Waals surface area contributed by atoms with Crippen LogP contribution in [0.3, 0.4) is 0 Å². The minimum atomic E-state index is -0.747. The van der Waals surface area contributed by atoms with Gasteiger partial charge in [0.1, 0.15) is 11.8 Å². The van der Waals surface area contributed by atoms with Gasteiger partial charge in [0.25, 0.3) is 0 Å². The zero-order valence-corrected chi connectivity index (χ0v) is 16.9. The third-order valence-electron chi connectivity index (χ3n) is 5.15. The van der Waals surface area contributed by atoms with Crippen molar-refractivity contribution >= 4 is 17.6 Å². The number of urea groups is 1. The second-order valence-electron chi connectivity index (χ2n) is 8.03. The third kappa shape index (κ3) is 4.74. The lowest BCUT2D eigenvalue weighted by atomic mass is 10.1. The highest BCUT2D eigenvalue weighted by Gasteiger charge is 2.36. The number of hydrogen-bond donors (Lipinski definition) is 2. The fraction of sp³-hybridized carbons (Fsp3) is 0.600. The Kier molecular flexibility index (Phi) is 6.10. The number of anilines is 1. The van der Waals surface area contributed by atoms with E-state index in [0.29, 0.717) is 51.4 Å². The number of methoxy groups -OCH3 is 1. The molecule has 1 aromatic rings. The van der Waals surface area contributed by atoms with Crippen molar-refractivity contribution in [2.75, 3.05) is 51.3 Å². The molecule has 154 valence electrons. The molecule has 3 amide bonds. The molecule has 1 unspecified atom stereocenters. The van der Waals surface area contributed by atoms with E-state index in [4.69, 9.17) is 4.74 Å². The number of nitrogens with one attached hydrogen (secondary N) is 1. The van der Waals surface area contributed by atoms with Crippen molar-refractivity contribution in [2.45, 2.75) is 31.9 Å². The Morgan fingerprint density at radius 3 is 2.54 bits per heavy atom. The number of hydrogen-bond acceptors (Lipinski definition) is 5. The van der Waals surface area contributed by atoms with Gasteiger partial charge in [-0.25, -0.2) is 4.79 Å². The van der Waals surface area contributed by atoms with Crippen molar-refractivity contribution in [3.8, 4) is 5.75 Å². The molecule has 2 aliphatic rings. The number of carbonyl (C=O) groups is 2. The summed E-state index contributed by atoms with van der Waals surface area (Å²) >= 11 is 0. The highest BCUT2D eigenvalue weighted by molar-refractivity contribution is 6.02. The van der Waals surface area contributed by atoms with E-state index in [1.807, 2.05) is 24.3 Å². The van der Waals surface area contributed by atoms with Crippen LogP contribution in [-0.2, 0) is 4.79 Å². The largest absolute Gasteiger partial charge is 0.495 e. The van der Waals surface area contributed by atoms with Crippen molar-refractivity contribution in [1.82, 2.24) is 15.1 Å². The van der Waals surface area contributed by atoms with Crippen LogP contribution >= 0.6 is 0 Å². The SMILES string of the molecule is COc1ccccc1N1CCC(NC(=O)N2CCN(CC(C)(C)O)CC2)C1=O. The maximum Gasteiger partial charge on any atom is 0.318 e. The Bertz CT molecular complexity index is 710. The molecule has 0 aromatic heterocycles. The molecule has 8 heteroatoms. The Hall–Kier alpha value is -2.32. The Morgan fingerprint density at radius 2 is 1.89 bits per heavy atom. The summed E-state index contributed by atoms with van der Waals surface area (Å²) in [6, 6.07) is 6.67. The van der Waals surface area contributed by atoms with Gasteiger partial charge in [0.15, 0.2) is 0 Å². The number of rotatable bonds is 5. The number of β-amino-alcohol motifs (C(OH)–C–C–N with tert-alkyl or cyclic N) is 1. The van der Waals surface area contributed by atoms with Crippen LogP contribution in [0, 0.1) is 0 Å². The van der Waals surface area contributed by atoms with Gasteiger partial charge in [-0.05, 0) is 32.4 Å². The molecule has 2 N–H and O–H groups in total. The minimum Gasteiger partial charge on any atom is -0.495 e. The highest BCUT2D eigenvalue weighted by Crippen LogP contribution is 2.31. The first kappa shape index (κ1) is 20.4. The molecule has 0 spiro atoms. The molecule has 1 atom stereocenters. The average molecular weight is 390 g/mol. The number of carbonyl (C=O) groups excluding carboxylic acids is 2. The number of nitrogens with zero attached hydrogens (tertiary/aromatic N) is 3. The van der Waals surface area contributed by atoms with Gasteiger partial charge in [0.2, 0.25) is 5.91 Å². The van der Waals surface area contributed by atoms with Crippen LogP contribution in [0.1, 0.15) is 20.3 Å². The smallest absolute Gasteiger partial charge is 0.318 e. The number of piperazine rings is 1. The summed E-state index contributed by atoms with van der Waals surface area (Å²) in [5, 5.41) is 12.8. The van der Waals surface area contributed by atoms with Crippen LogP contribution in [0.2, 0.25) is 0 Å². The summed E-state index contributed by atoms with van der Waals surface area (Å²) in [6.45, 7) is 7.28. The molecule has 0 radical (unpaired) electrons. The summed E-state index contributed by atoms with van der Waals surface area (Å²) in [7, 11) is 1.58. The van der Waals surface area contributed by atoms with E-state index in [9.17, 15) is 14.7 Å². The molecule has 2 heterocycles. The van der Waals surface area contributed by atoms with Crippen molar-refractivity contribution in [3.05, 3.63) is 24.3 Å². The summed E-state index contributed by atoms with van der Waals surface area (Å²) in [4.78, 5) is 31.0. The number of para-hydroxylation sites is 2. The van der Waals surface area contributed by atoms with Crippen LogP contribution < -0.4 is 15.0 Å². The van der Waals surface area contributed by atoms with Crippen LogP contribution in [0.25, 0.3) is 0 Å². The fourth-order valence-corrected chi connectivity index (χ4v) is 3.80. The van der Waals surface area contributed by atoms with Crippen LogP contribution in [0.4, 0.5) is 10.5 Å². The molecule has 2 aliphatic heterocycles. The number of aliphatic hydroxyl groups is 1. The second-order valence-corrected chi connectivity index (χ2v) is 8.03. The monoisotopic (exact) mass is 390 g/mol. The molecular formula is C20H30N4O4. The standard InChI is InChI=1S/C20H30N4O4/c1-20(2,27)14-22-10-12-23(13-11-22)19(26)21-15-8-9-24(18(15)25)16-6-4-5-7-17(16)28-3/h4-7,15,27H,8-14H2,1-3H3,(H,21,26). The third-order valence-corrected chi connectivity index (χ3v) is 5.15. The fourth-order valence-electron chi connectivity index (χ4n) is 3.80. The van der Waals surface area contributed by atoms with Gasteiger partial charge >= 0.3 is 6.03 Å². The van der Waals surface area contributed by atoms with E-state index in [0.717, 1.165) is 5.69 Å². The molecule has 1 aromatic carbocycles. The van der Waals surface area contributed by atoms with Crippen LogP contribution in [0.15, 0.2) is 24.3 Å². The van der Waals surface area contributed by atoms with Crippen molar-refractivity contribution in [1.29, 1.82) is 0 Å². The van der Waals surface area contributed by atoms with E-state index < -0.39 is 11.6 Å². The summed E-state index contributed by atoms with van der Waals surface area (Å²) < 4.78 is 5.35. The average Bonchev–Trinajstić information content (AvgIpc) is 3.01. The molecule has 0 bridgehead atoms. The van der Waals surface area contributed by atoms with Gasteiger partial charge in [0.05, 0.1) is 18.4 Å². The minimum absolute atomic E-state index is 0.112. The first-order valence-corrected chi connectivity index (χ1v) is 9.73. The quantitative estimate of drug-likeness (QED) is 0.780. The number of amides is 3. The van der Waals surface area contributed by atoms with Crippen LogP contribution in [0.5, 0.6) is 5.75 Å². The summed E-state index contributed by atoms with van der Waals surface area (Å²) in [5.41, 5.74) is -0.0187. The maximum absolute atomic E-state index is 12.8. The zero-order valence-electron chi connectivity index (χ0n) is 16.9. The van der Waals surface area contributed by atoms with E-state index in [1.165, 1.54) is 0 Å². The van der Waals surface area contributed by atoms with Crippen LogP contribution in [-0.4, -0.2) is 84.9 Å². The Morgan fingerprint density at radius 1 is 1.21 bits per heavy atom. The van der Waals surface area contributed by atoms with Gasteiger partial charge in [-0.15, -0.1) is 0 Å².